The molecule has 1 amide bonds. The van der Waals surface area contributed by atoms with Crippen molar-refractivity contribution in [1.29, 1.82) is 0 Å². The number of aromatic nitrogens is 2. The molecular weight excluding hydrogens is 318 g/mol. The molecule has 0 bridgehead atoms. The van der Waals surface area contributed by atoms with Crippen LogP contribution in [0.3, 0.4) is 0 Å². The molecule has 6 heteroatoms. The summed E-state index contributed by atoms with van der Waals surface area (Å²) in [6.45, 7) is 14.8. The number of carboxylic acid groups (broad SMARTS) is 1. The Hall–Kier alpha value is -1.85. The molecule has 0 saturated carbocycles. The Bertz CT molecular complexity index is 620. The molecule has 0 aliphatic carbocycles. The van der Waals surface area contributed by atoms with Crippen molar-refractivity contribution in [2.24, 2.45) is 11.8 Å². The van der Waals surface area contributed by atoms with Crippen molar-refractivity contribution in [1.82, 2.24) is 15.1 Å². The molecule has 0 aliphatic heterocycles. The van der Waals surface area contributed by atoms with Crippen LogP contribution in [0.2, 0.25) is 0 Å². The second-order valence-electron chi connectivity index (χ2n) is 7.92. The van der Waals surface area contributed by atoms with E-state index < -0.39 is 11.5 Å². The molecule has 0 spiro atoms. The van der Waals surface area contributed by atoms with Crippen molar-refractivity contribution in [3.8, 4) is 0 Å². The number of aliphatic carboxylic acids is 1. The first-order valence-corrected chi connectivity index (χ1v) is 9.02. The summed E-state index contributed by atoms with van der Waals surface area (Å²) in [6, 6.07) is 0. The summed E-state index contributed by atoms with van der Waals surface area (Å²) in [5.41, 5.74) is 2.44. The molecule has 0 aliphatic rings. The van der Waals surface area contributed by atoms with Crippen LogP contribution in [0.5, 0.6) is 0 Å². The van der Waals surface area contributed by atoms with Crippen molar-refractivity contribution in [2.45, 2.75) is 79.8 Å². The van der Waals surface area contributed by atoms with Crippen LogP contribution in [-0.2, 0) is 22.6 Å². The van der Waals surface area contributed by atoms with Crippen molar-refractivity contribution >= 4 is 11.9 Å². The molecule has 0 aromatic carbocycles. The van der Waals surface area contributed by atoms with Gasteiger partial charge in [0, 0.05) is 24.2 Å². The van der Waals surface area contributed by atoms with Gasteiger partial charge in [-0.2, -0.15) is 5.10 Å². The van der Waals surface area contributed by atoms with Gasteiger partial charge in [-0.3, -0.25) is 14.3 Å². The number of rotatable bonds is 9. The quantitative estimate of drug-likeness (QED) is 0.716. The van der Waals surface area contributed by atoms with Crippen molar-refractivity contribution in [2.75, 3.05) is 0 Å². The zero-order chi connectivity index (χ0) is 19.4. The van der Waals surface area contributed by atoms with E-state index in [4.69, 9.17) is 5.11 Å². The summed E-state index contributed by atoms with van der Waals surface area (Å²) in [5.74, 6) is -0.479. The minimum Gasteiger partial charge on any atom is -0.481 e. The fraction of sp³-hybridized carbons (Fsp3) is 0.737. The van der Waals surface area contributed by atoms with Crippen LogP contribution in [0, 0.1) is 25.7 Å². The predicted octanol–water partition coefficient (Wildman–Crippen LogP) is 3.09. The first-order valence-electron chi connectivity index (χ1n) is 9.02. The number of nitrogens with one attached hydrogen (secondary N) is 1. The summed E-state index contributed by atoms with van der Waals surface area (Å²) < 4.78 is 2.01. The number of amides is 1. The average molecular weight is 351 g/mol. The Morgan fingerprint density at radius 3 is 2.32 bits per heavy atom. The third-order valence-electron chi connectivity index (χ3n) is 4.89. The van der Waals surface area contributed by atoms with E-state index in [1.54, 1.807) is 6.92 Å². The van der Waals surface area contributed by atoms with Crippen LogP contribution < -0.4 is 5.32 Å². The number of hydrogen-bond acceptors (Lipinski definition) is 3. The topological polar surface area (TPSA) is 84.2 Å². The first-order chi connectivity index (χ1) is 11.5. The van der Waals surface area contributed by atoms with E-state index in [-0.39, 0.29) is 18.2 Å². The Morgan fingerprint density at radius 2 is 1.84 bits per heavy atom. The standard InChI is InChI=1S/C19H33N3O3/c1-12(2)11-22-15(6)16(14(5)21-22)8-9-17(23)20-19(7,13(3)4)10-18(24)25/h12-13H,8-11H2,1-7H3,(H,20,23)(H,24,25). The lowest BCUT2D eigenvalue weighted by Crippen LogP contribution is -2.51. The molecule has 1 heterocycles. The van der Waals surface area contributed by atoms with Gasteiger partial charge in [0.1, 0.15) is 0 Å². The fourth-order valence-electron chi connectivity index (χ4n) is 2.95. The van der Waals surface area contributed by atoms with Crippen LogP contribution >= 0.6 is 0 Å². The third kappa shape index (κ3) is 5.87. The highest BCUT2D eigenvalue weighted by Gasteiger charge is 2.32. The molecular formula is C19H33N3O3. The molecule has 1 atom stereocenters. The predicted molar refractivity (Wildman–Crippen MR) is 98.5 cm³/mol. The molecule has 0 saturated heterocycles. The van der Waals surface area contributed by atoms with Crippen molar-refractivity contribution in [3.05, 3.63) is 17.0 Å². The Balaban J connectivity index is 2.76. The molecule has 142 valence electrons. The molecule has 1 unspecified atom stereocenters. The van der Waals surface area contributed by atoms with Crippen LogP contribution in [0.15, 0.2) is 0 Å². The fourth-order valence-corrected chi connectivity index (χ4v) is 2.95. The summed E-state index contributed by atoms with van der Waals surface area (Å²) in [4.78, 5) is 23.5. The monoisotopic (exact) mass is 351 g/mol. The maximum Gasteiger partial charge on any atom is 0.305 e. The summed E-state index contributed by atoms with van der Waals surface area (Å²) in [7, 11) is 0. The largest absolute Gasteiger partial charge is 0.481 e. The third-order valence-corrected chi connectivity index (χ3v) is 4.89. The number of aryl methyl sites for hydroxylation is 1. The maximum absolute atomic E-state index is 12.4. The summed E-state index contributed by atoms with van der Waals surface area (Å²) >= 11 is 0. The normalized spacial score (nSPS) is 14.0. The Labute approximate surface area is 151 Å². The zero-order valence-electron chi connectivity index (χ0n) is 16.6. The number of carboxylic acids is 1. The van der Waals surface area contributed by atoms with E-state index in [1.165, 1.54) is 0 Å². The van der Waals surface area contributed by atoms with E-state index in [1.807, 2.05) is 32.4 Å². The van der Waals surface area contributed by atoms with Gasteiger partial charge >= 0.3 is 5.97 Å². The number of hydrogen-bond donors (Lipinski definition) is 2. The van der Waals surface area contributed by atoms with E-state index in [0.717, 1.165) is 23.5 Å². The number of carbonyl (C=O) groups excluding carboxylic acids is 1. The number of nitrogens with zero attached hydrogens (tertiary/aromatic N) is 2. The highest BCUT2D eigenvalue weighted by Crippen LogP contribution is 2.22. The van der Waals surface area contributed by atoms with Gasteiger partial charge in [0.05, 0.1) is 12.1 Å². The van der Waals surface area contributed by atoms with E-state index >= 15 is 0 Å². The maximum atomic E-state index is 12.4. The van der Waals surface area contributed by atoms with Gasteiger partial charge in [-0.15, -0.1) is 0 Å². The van der Waals surface area contributed by atoms with Gasteiger partial charge < -0.3 is 10.4 Å². The molecule has 1 aromatic rings. The van der Waals surface area contributed by atoms with Gasteiger partial charge in [-0.1, -0.05) is 27.7 Å². The lowest BCUT2D eigenvalue weighted by atomic mass is 9.85. The lowest BCUT2D eigenvalue weighted by Gasteiger charge is -2.33. The lowest BCUT2D eigenvalue weighted by molar-refractivity contribution is -0.139. The number of carbonyl (C=O) groups is 2. The summed E-state index contributed by atoms with van der Waals surface area (Å²) in [5, 5.41) is 16.6. The molecule has 2 N–H and O–H groups in total. The van der Waals surface area contributed by atoms with Gasteiger partial charge in [0.25, 0.3) is 0 Å². The minimum absolute atomic E-state index is 0.0322. The molecule has 0 fully saturated rings. The molecule has 0 radical (unpaired) electrons. The average Bonchev–Trinajstić information content (AvgIpc) is 2.69. The second kappa shape index (κ2) is 8.50. The van der Waals surface area contributed by atoms with Crippen LogP contribution in [0.4, 0.5) is 0 Å². The minimum atomic E-state index is -0.904. The Kier molecular flexibility index (Phi) is 7.20. The zero-order valence-corrected chi connectivity index (χ0v) is 16.6. The molecule has 1 aromatic heterocycles. The summed E-state index contributed by atoms with van der Waals surface area (Å²) in [6.07, 6.45) is 0.862. The van der Waals surface area contributed by atoms with E-state index in [0.29, 0.717) is 18.8 Å². The van der Waals surface area contributed by atoms with Crippen LogP contribution in [0.25, 0.3) is 0 Å². The SMILES string of the molecule is Cc1nn(CC(C)C)c(C)c1CCC(=O)NC(C)(CC(=O)O)C(C)C. The van der Waals surface area contributed by atoms with Gasteiger partial charge in [-0.25, -0.2) is 0 Å². The van der Waals surface area contributed by atoms with Gasteiger partial charge in [-0.05, 0) is 44.6 Å². The highest BCUT2D eigenvalue weighted by atomic mass is 16.4. The van der Waals surface area contributed by atoms with Crippen molar-refractivity contribution in [3.63, 3.8) is 0 Å². The van der Waals surface area contributed by atoms with Crippen molar-refractivity contribution < 1.29 is 14.7 Å². The van der Waals surface area contributed by atoms with Crippen LogP contribution in [-0.4, -0.2) is 32.3 Å². The molecule has 25 heavy (non-hydrogen) atoms. The van der Waals surface area contributed by atoms with E-state index in [2.05, 4.69) is 24.3 Å². The highest BCUT2D eigenvalue weighted by molar-refractivity contribution is 5.78. The Morgan fingerprint density at radius 1 is 1.24 bits per heavy atom. The van der Waals surface area contributed by atoms with Gasteiger partial charge in [0.2, 0.25) is 5.91 Å². The van der Waals surface area contributed by atoms with Gasteiger partial charge in [0.15, 0.2) is 0 Å². The van der Waals surface area contributed by atoms with E-state index in [9.17, 15) is 9.59 Å². The second-order valence-corrected chi connectivity index (χ2v) is 7.92. The molecule has 6 nitrogen and oxygen atoms in total. The first kappa shape index (κ1) is 21.2. The smallest absolute Gasteiger partial charge is 0.305 e. The molecule has 1 rings (SSSR count). The van der Waals surface area contributed by atoms with Crippen LogP contribution in [0.1, 0.15) is 64.4 Å².